The Labute approximate surface area is 228 Å². The molecule has 2 saturated heterocycles. The molecule has 1 spiro atoms. The molecular weight excluding hydrogens is 492 g/mol. The van der Waals surface area contributed by atoms with Gasteiger partial charge >= 0.3 is 0 Å². The van der Waals surface area contributed by atoms with E-state index < -0.39 is 28.5 Å². The number of para-hydroxylation sites is 1. The van der Waals surface area contributed by atoms with E-state index >= 15 is 0 Å². The van der Waals surface area contributed by atoms with E-state index in [-0.39, 0.29) is 54.4 Å². The van der Waals surface area contributed by atoms with Crippen molar-refractivity contribution in [1.82, 2.24) is 10.3 Å². The van der Waals surface area contributed by atoms with Crippen LogP contribution >= 0.6 is 0 Å². The van der Waals surface area contributed by atoms with Crippen molar-refractivity contribution in [3.63, 3.8) is 0 Å². The molecule has 2 aliphatic carbocycles. The van der Waals surface area contributed by atoms with E-state index in [9.17, 15) is 19.2 Å². The van der Waals surface area contributed by atoms with Gasteiger partial charge in [-0.25, -0.2) is 0 Å². The first-order valence-electron chi connectivity index (χ1n) is 14.1. The van der Waals surface area contributed by atoms with Crippen molar-refractivity contribution in [2.75, 3.05) is 0 Å². The van der Waals surface area contributed by atoms with Crippen LogP contribution in [0.25, 0.3) is 10.9 Å². The van der Waals surface area contributed by atoms with Crippen molar-refractivity contribution in [2.45, 2.75) is 71.1 Å². The molecule has 1 aromatic heterocycles. The Morgan fingerprint density at radius 2 is 1.85 bits per heavy atom. The summed E-state index contributed by atoms with van der Waals surface area (Å²) in [6, 6.07) is 7.79. The molecule has 39 heavy (non-hydrogen) atoms. The Hall–Kier alpha value is -3.32. The minimum Gasteiger partial charge on any atom is -0.365 e. The van der Waals surface area contributed by atoms with Crippen LogP contribution in [0.5, 0.6) is 0 Å². The number of carbonyl (C=O) groups is 4. The molecule has 1 saturated carbocycles. The number of epoxide rings is 1. The van der Waals surface area contributed by atoms with Gasteiger partial charge in [-0.1, -0.05) is 50.3 Å². The average Bonchev–Trinajstić information content (AvgIpc) is 3.31. The minimum atomic E-state index is -1.35. The third kappa shape index (κ3) is 3.80. The summed E-state index contributed by atoms with van der Waals surface area (Å²) in [7, 11) is 0. The van der Waals surface area contributed by atoms with Crippen molar-refractivity contribution < 1.29 is 23.9 Å². The standard InChI is InChI=1S/C32H36N2O5/c1-17-8-7-10-22-29-31(4,39-29)19(3)27-24(15-20-16-33-23-11-6-5-9-21(20)23)34-30(38)32(22,27)26(36)13-12-25(35)28(37)18(2)14-17/h5-7,9-11,14,16-17,19,22,24,27,29,33H,8,12-13,15H2,1-4H3,(H,34,38)/b10-7+,18-14-/t17-,19-,22-,24-,27-,29-,31+,32?/m0/s1. The van der Waals surface area contributed by atoms with Gasteiger partial charge in [0.25, 0.3) is 0 Å². The van der Waals surface area contributed by atoms with Gasteiger partial charge < -0.3 is 15.0 Å². The molecule has 1 aromatic carbocycles. The summed E-state index contributed by atoms with van der Waals surface area (Å²) in [5, 5.41) is 4.34. The van der Waals surface area contributed by atoms with Crippen molar-refractivity contribution >= 4 is 34.2 Å². The monoisotopic (exact) mass is 528 g/mol. The molecule has 7 nitrogen and oxygen atoms in total. The number of amides is 1. The van der Waals surface area contributed by atoms with Gasteiger partial charge in [0.1, 0.15) is 11.2 Å². The third-order valence-electron chi connectivity index (χ3n) is 9.99. The number of rotatable bonds is 2. The van der Waals surface area contributed by atoms with Gasteiger partial charge in [0, 0.05) is 47.8 Å². The fourth-order valence-electron chi connectivity index (χ4n) is 7.84. The molecule has 2 aromatic rings. The second-order valence-electron chi connectivity index (χ2n) is 12.2. The Kier molecular flexibility index (Phi) is 6.06. The van der Waals surface area contributed by atoms with Gasteiger partial charge in [-0.15, -0.1) is 0 Å². The topological polar surface area (TPSA) is 109 Å². The number of nitrogens with one attached hydrogen (secondary N) is 2. The van der Waals surface area contributed by atoms with Gasteiger partial charge in [-0.05, 0) is 55.7 Å². The fraction of sp³-hybridized carbons (Fsp3) is 0.500. The van der Waals surface area contributed by atoms with Crippen LogP contribution in [0.15, 0.2) is 54.3 Å². The smallest absolute Gasteiger partial charge is 0.235 e. The number of hydrogen-bond donors (Lipinski definition) is 2. The maximum atomic E-state index is 14.3. The van der Waals surface area contributed by atoms with E-state index in [4.69, 9.17) is 4.74 Å². The average molecular weight is 529 g/mol. The van der Waals surface area contributed by atoms with E-state index in [2.05, 4.69) is 30.2 Å². The van der Waals surface area contributed by atoms with Crippen molar-refractivity contribution in [1.29, 1.82) is 0 Å². The highest BCUT2D eigenvalue weighted by atomic mass is 16.6. The SMILES string of the molecule is C/C1=C/[C@@H](C)C/C=C/[C@H]2[C@@H]3O[C@]3(C)[C@@H](C)[C@H]3[C@H](Cc4c[nH]c5ccccc45)NC(=O)C32C(=O)CCC(=O)C1=O. The Bertz CT molecular complexity index is 1450. The number of Topliss-reactive ketones (excluding diaryl/α,β-unsaturated/α-hetero) is 3. The molecule has 6 rings (SSSR count). The maximum absolute atomic E-state index is 14.3. The van der Waals surface area contributed by atoms with E-state index in [1.165, 1.54) is 0 Å². The predicted octanol–water partition coefficient (Wildman–Crippen LogP) is 4.26. The molecule has 7 heteroatoms. The molecule has 204 valence electrons. The van der Waals surface area contributed by atoms with Crippen LogP contribution < -0.4 is 5.32 Å². The van der Waals surface area contributed by atoms with Crippen LogP contribution in [-0.4, -0.2) is 46.0 Å². The van der Waals surface area contributed by atoms with E-state index in [1.54, 1.807) is 6.92 Å². The quantitative estimate of drug-likeness (QED) is 0.262. The number of allylic oxidation sites excluding steroid dienone is 3. The lowest BCUT2D eigenvalue weighted by molar-refractivity contribution is -0.149. The van der Waals surface area contributed by atoms with Gasteiger partial charge in [0.05, 0.1) is 11.7 Å². The van der Waals surface area contributed by atoms with Crippen molar-refractivity contribution in [3.05, 3.63) is 59.8 Å². The third-order valence-corrected chi connectivity index (χ3v) is 9.99. The summed E-state index contributed by atoms with van der Waals surface area (Å²) in [6.07, 6.45) is 8.46. The largest absolute Gasteiger partial charge is 0.365 e. The normalized spacial score (nSPS) is 40.8. The lowest BCUT2D eigenvalue weighted by Gasteiger charge is -2.46. The first-order chi connectivity index (χ1) is 18.6. The molecule has 0 radical (unpaired) electrons. The van der Waals surface area contributed by atoms with Crippen LogP contribution in [0.1, 0.15) is 52.5 Å². The van der Waals surface area contributed by atoms with Crippen LogP contribution in [0, 0.1) is 29.1 Å². The zero-order valence-corrected chi connectivity index (χ0v) is 23.0. The van der Waals surface area contributed by atoms with Crippen LogP contribution in [-0.2, 0) is 30.3 Å². The Balaban J connectivity index is 1.44. The zero-order chi connectivity index (χ0) is 27.7. The molecule has 1 unspecified atom stereocenters. The summed E-state index contributed by atoms with van der Waals surface area (Å²) < 4.78 is 6.34. The second kappa shape index (κ2) is 9.12. The number of aromatic nitrogens is 1. The maximum Gasteiger partial charge on any atom is 0.235 e. The van der Waals surface area contributed by atoms with E-state index in [0.717, 1.165) is 16.5 Å². The zero-order valence-electron chi connectivity index (χ0n) is 23.0. The summed E-state index contributed by atoms with van der Waals surface area (Å²) >= 11 is 0. The molecule has 2 aliphatic heterocycles. The molecule has 1 amide bonds. The highest BCUT2D eigenvalue weighted by molar-refractivity contribution is 6.43. The number of ether oxygens (including phenoxy) is 1. The van der Waals surface area contributed by atoms with Crippen molar-refractivity contribution in [3.8, 4) is 0 Å². The van der Waals surface area contributed by atoms with Crippen LogP contribution in [0.2, 0.25) is 0 Å². The molecule has 3 fully saturated rings. The number of benzene rings is 1. The molecule has 3 heterocycles. The molecular formula is C32H36N2O5. The van der Waals surface area contributed by atoms with E-state index in [0.29, 0.717) is 18.4 Å². The first-order valence-corrected chi connectivity index (χ1v) is 14.1. The molecule has 0 bridgehead atoms. The van der Waals surface area contributed by atoms with Gasteiger partial charge in [0.2, 0.25) is 17.5 Å². The highest BCUT2D eigenvalue weighted by Crippen LogP contribution is 2.66. The number of fused-ring (bicyclic) bond motifs is 3. The number of ketones is 3. The number of hydrogen-bond acceptors (Lipinski definition) is 5. The number of H-pyrrole nitrogens is 1. The summed E-state index contributed by atoms with van der Waals surface area (Å²) in [5.41, 5.74) is 0.739. The molecule has 8 atom stereocenters. The van der Waals surface area contributed by atoms with Crippen LogP contribution in [0.4, 0.5) is 0 Å². The second-order valence-corrected chi connectivity index (χ2v) is 12.2. The summed E-state index contributed by atoms with van der Waals surface area (Å²) in [6.45, 7) is 7.83. The van der Waals surface area contributed by atoms with Gasteiger partial charge in [-0.3, -0.25) is 19.2 Å². The Morgan fingerprint density at radius 1 is 1.08 bits per heavy atom. The molecule has 2 N–H and O–H groups in total. The van der Waals surface area contributed by atoms with Gasteiger partial charge in [-0.2, -0.15) is 0 Å². The number of aromatic amines is 1. The van der Waals surface area contributed by atoms with Gasteiger partial charge in [0.15, 0.2) is 0 Å². The summed E-state index contributed by atoms with van der Waals surface area (Å²) in [5.74, 6) is -2.47. The van der Waals surface area contributed by atoms with E-state index in [1.807, 2.05) is 49.5 Å². The fourth-order valence-corrected chi connectivity index (χ4v) is 7.84. The lowest BCUT2D eigenvalue weighted by atomic mass is 9.51. The summed E-state index contributed by atoms with van der Waals surface area (Å²) in [4.78, 5) is 57.3. The lowest BCUT2D eigenvalue weighted by Crippen LogP contribution is -2.58. The number of carbonyl (C=O) groups excluding carboxylic acids is 4. The Morgan fingerprint density at radius 3 is 2.64 bits per heavy atom. The first kappa shape index (κ1) is 25.9. The molecule has 4 aliphatic rings. The van der Waals surface area contributed by atoms with Crippen molar-refractivity contribution in [2.24, 2.45) is 29.1 Å². The van der Waals surface area contributed by atoms with Crippen LogP contribution in [0.3, 0.4) is 0 Å². The highest BCUT2D eigenvalue weighted by Gasteiger charge is 2.78. The predicted molar refractivity (Wildman–Crippen MR) is 147 cm³/mol. The minimum absolute atomic E-state index is 0.0299.